The van der Waals surface area contributed by atoms with Gasteiger partial charge in [0.05, 0.1) is 6.54 Å². The third-order valence-corrected chi connectivity index (χ3v) is 3.13. The van der Waals surface area contributed by atoms with E-state index in [4.69, 9.17) is 20.4 Å². The van der Waals surface area contributed by atoms with Gasteiger partial charge in [-0.1, -0.05) is 5.16 Å². The molecule has 0 spiro atoms. The van der Waals surface area contributed by atoms with Gasteiger partial charge in [0.25, 0.3) is 5.91 Å². The Morgan fingerprint density at radius 3 is 2.67 bits per heavy atom. The molecule has 114 valence electrons. The number of amidine groups is 1. The molecule has 0 saturated heterocycles. The van der Waals surface area contributed by atoms with E-state index in [1.165, 1.54) is 4.90 Å². The van der Waals surface area contributed by atoms with E-state index >= 15 is 0 Å². The van der Waals surface area contributed by atoms with Gasteiger partial charge < -0.3 is 25.3 Å². The van der Waals surface area contributed by atoms with Crippen molar-refractivity contribution in [1.82, 2.24) is 4.90 Å². The highest BCUT2D eigenvalue weighted by atomic mass is 16.6. The van der Waals surface area contributed by atoms with Crippen LogP contribution in [0.3, 0.4) is 0 Å². The summed E-state index contributed by atoms with van der Waals surface area (Å²) < 4.78 is 10.9. The molecule has 1 aromatic rings. The minimum absolute atomic E-state index is 0.0189. The summed E-state index contributed by atoms with van der Waals surface area (Å²) in [6, 6.07) is 4.95. The Labute approximate surface area is 122 Å². The molecule has 1 aliphatic rings. The predicted octanol–water partition coefficient (Wildman–Crippen LogP) is 1.05. The fraction of sp³-hybridized carbons (Fsp3) is 0.429. The Morgan fingerprint density at radius 2 is 2.05 bits per heavy atom. The Balaban J connectivity index is 2.24. The number of amides is 1. The summed E-state index contributed by atoms with van der Waals surface area (Å²) >= 11 is 0. The summed E-state index contributed by atoms with van der Waals surface area (Å²) in [5, 5.41) is 11.6. The lowest BCUT2D eigenvalue weighted by molar-refractivity contribution is 0.0733. The Kier molecular flexibility index (Phi) is 4.52. The highest BCUT2D eigenvalue weighted by molar-refractivity contribution is 5.97. The maximum absolute atomic E-state index is 12.6. The second-order valence-electron chi connectivity index (χ2n) is 4.98. The van der Waals surface area contributed by atoms with Crippen molar-refractivity contribution < 1.29 is 19.5 Å². The van der Waals surface area contributed by atoms with Crippen LogP contribution in [0.1, 0.15) is 24.2 Å². The number of fused-ring (bicyclic) bond motifs is 1. The fourth-order valence-electron chi connectivity index (χ4n) is 2.04. The molecule has 1 heterocycles. The summed E-state index contributed by atoms with van der Waals surface area (Å²) in [5.41, 5.74) is 5.97. The van der Waals surface area contributed by atoms with Crippen LogP contribution in [0, 0.1) is 0 Å². The van der Waals surface area contributed by atoms with E-state index in [2.05, 4.69) is 5.16 Å². The number of hydrogen-bond donors (Lipinski definition) is 2. The van der Waals surface area contributed by atoms with Crippen LogP contribution in [-0.2, 0) is 0 Å². The average molecular weight is 293 g/mol. The van der Waals surface area contributed by atoms with Gasteiger partial charge in [-0.25, -0.2) is 0 Å². The number of rotatable bonds is 4. The quantitative estimate of drug-likeness (QED) is 0.374. The molecule has 0 aliphatic carbocycles. The van der Waals surface area contributed by atoms with Gasteiger partial charge in [-0.05, 0) is 32.0 Å². The third-order valence-electron chi connectivity index (χ3n) is 3.13. The van der Waals surface area contributed by atoms with Gasteiger partial charge in [-0.2, -0.15) is 0 Å². The predicted molar refractivity (Wildman–Crippen MR) is 77.0 cm³/mol. The normalized spacial score (nSPS) is 14.1. The minimum Gasteiger partial charge on any atom is -0.486 e. The summed E-state index contributed by atoms with van der Waals surface area (Å²) in [6.45, 7) is 4.74. The van der Waals surface area contributed by atoms with Crippen molar-refractivity contribution in [3.8, 4) is 11.5 Å². The number of carbonyl (C=O) groups excluding carboxylic acids is 1. The topological polar surface area (TPSA) is 97.4 Å². The Hall–Kier alpha value is -2.44. The molecule has 0 unspecified atom stereocenters. The van der Waals surface area contributed by atoms with Gasteiger partial charge in [0.15, 0.2) is 17.3 Å². The zero-order chi connectivity index (χ0) is 15.4. The van der Waals surface area contributed by atoms with Crippen molar-refractivity contribution >= 4 is 11.7 Å². The number of nitrogens with two attached hydrogens (primary N) is 1. The molecule has 0 bridgehead atoms. The lowest BCUT2D eigenvalue weighted by Crippen LogP contribution is -2.42. The average Bonchev–Trinajstić information content (AvgIpc) is 2.50. The standard InChI is InChI=1S/C14H19N3O4/c1-9(2)17(8-13(15)16-19)14(18)10-3-4-11-12(7-10)21-6-5-20-11/h3-4,7,9,19H,5-6,8H2,1-2H3,(H2,15,16). The minimum atomic E-state index is -0.214. The van der Waals surface area contributed by atoms with E-state index in [-0.39, 0.29) is 24.3 Å². The van der Waals surface area contributed by atoms with Crippen LogP contribution in [-0.4, -0.2) is 47.7 Å². The van der Waals surface area contributed by atoms with Gasteiger partial charge >= 0.3 is 0 Å². The molecular formula is C14H19N3O4. The molecule has 0 aromatic heterocycles. The first-order chi connectivity index (χ1) is 10.0. The van der Waals surface area contributed by atoms with Gasteiger partial charge in [-0.3, -0.25) is 4.79 Å². The van der Waals surface area contributed by atoms with Crippen molar-refractivity contribution in [2.75, 3.05) is 19.8 Å². The molecule has 2 rings (SSSR count). The first-order valence-electron chi connectivity index (χ1n) is 6.70. The smallest absolute Gasteiger partial charge is 0.254 e. The molecule has 0 saturated carbocycles. The summed E-state index contributed by atoms with van der Waals surface area (Å²) in [6.07, 6.45) is 0. The summed E-state index contributed by atoms with van der Waals surface area (Å²) in [5.74, 6) is 0.952. The van der Waals surface area contributed by atoms with Crippen molar-refractivity contribution in [1.29, 1.82) is 0 Å². The molecule has 1 aromatic carbocycles. The first-order valence-corrected chi connectivity index (χ1v) is 6.70. The Morgan fingerprint density at radius 1 is 1.38 bits per heavy atom. The van der Waals surface area contributed by atoms with Crippen LogP contribution < -0.4 is 15.2 Å². The monoisotopic (exact) mass is 293 g/mol. The van der Waals surface area contributed by atoms with E-state index < -0.39 is 0 Å². The van der Waals surface area contributed by atoms with Crippen molar-refractivity contribution in [2.24, 2.45) is 10.9 Å². The van der Waals surface area contributed by atoms with Crippen LogP contribution in [0.2, 0.25) is 0 Å². The zero-order valence-corrected chi connectivity index (χ0v) is 12.1. The van der Waals surface area contributed by atoms with Gasteiger partial charge in [0.1, 0.15) is 13.2 Å². The number of oxime groups is 1. The van der Waals surface area contributed by atoms with Gasteiger partial charge in [-0.15, -0.1) is 0 Å². The Bertz CT molecular complexity index is 557. The molecule has 0 fully saturated rings. The maximum Gasteiger partial charge on any atom is 0.254 e. The number of hydrogen-bond acceptors (Lipinski definition) is 5. The number of nitrogens with zero attached hydrogens (tertiary/aromatic N) is 2. The second kappa shape index (κ2) is 6.34. The van der Waals surface area contributed by atoms with Crippen LogP contribution in [0.15, 0.2) is 23.4 Å². The SMILES string of the molecule is CC(C)N(CC(N)=NO)C(=O)c1ccc2c(c1)OCCO2. The third kappa shape index (κ3) is 3.36. The lowest BCUT2D eigenvalue weighted by atomic mass is 10.1. The van der Waals surface area contributed by atoms with Crippen molar-refractivity contribution in [3.05, 3.63) is 23.8 Å². The molecule has 1 aliphatic heterocycles. The van der Waals surface area contributed by atoms with Crippen LogP contribution in [0.5, 0.6) is 11.5 Å². The van der Waals surface area contributed by atoms with Gasteiger partial charge in [0.2, 0.25) is 0 Å². The molecule has 0 atom stereocenters. The number of ether oxygens (including phenoxy) is 2. The van der Waals surface area contributed by atoms with Crippen LogP contribution >= 0.6 is 0 Å². The molecule has 21 heavy (non-hydrogen) atoms. The number of carbonyl (C=O) groups is 1. The molecule has 0 radical (unpaired) electrons. The van der Waals surface area contributed by atoms with Crippen molar-refractivity contribution in [3.63, 3.8) is 0 Å². The molecule has 3 N–H and O–H groups in total. The van der Waals surface area contributed by atoms with Crippen LogP contribution in [0.4, 0.5) is 0 Å². The fourth-order valence-corrected chi connectivity index (χ4v) is 2.04. The van der Waals surface area contributed by atoms with Gasteiger partial charge in [0, 0.05) is 11.6 Å². The highest BCUT2D eigenvalue weighted by Gasteiger charge is 2.22. The largest absolute Gasteiger partial charge is 0.486 e. The highest BCUT2D eigenvalue weighted by Crippen LogP contribution is 2.31. The van der Waals surface area contributed by atoms with Crippen molar-refractivity contribution in [2.45, 2.75) is 19.9 Å². The number of benzene rings is 1. The van der Waals surface area contributed by atoms with E-state index in [9.17, 15) is 4.79 Å². The molecular weight excluding hydrogens is 274 g/mol. The lowest BCUT2D eigenvalue weighted by Gasteiger charge is -2.27. The van der Waals surface area contributed by atoms with E-state index in [0.717, 1.165) is 0 Å². The summed E-state index contributed by atoms with van der Waals surface area (Å²) in [7, 11) is 0. The molecule has 1 amide bonds. The van der Waals surface area contributed by atoms with Crippen LogP contribution in [0.25, 0.3) is 0 Å². The summed E-state index contributed by atoms with van der Waals surface area (Å²) in [4.78, 5) is 14.1. The van der Waals surface area contributed by atoms with E-state index in [0.29, 0.717) is 30.3 Å². The molecule has 7 nitrogen and oxygen atoms in total. The molecule has 7 heteroatoms. The maximum atomic E-state index is 12.6. The van der Waals surface area contributed by atoms with E-state index in [1.54, 1.807) is 18.2 Å². The van der Waals surface area contributed by atoms with E-state index in [1.807, 2.05) is 13.8 Å². The second-order valence-corrected chi connectivity index (χ2v) is 4.98. The first kappa shape index (κ1) is 15.0. The zero-order valence-electron chi connectivity index (χ0n) is 12.1.